The van der Waals surface area contributed by atoms with Crippen LogP contribution in [0.5, 0.6) is 0 Å². The van der Waals surface area contributed by atoms with Crippen LogP contribution in [0.3, 0.4) is 0 Å². The molecule has 3 aromatic rings. The number of benzene rings is 3. The summed E-state index contributed by atoms with van der Waals surface area (Å²) in [4.78, 5) is 16.9. The van der Waals surface area contributed by atoms with Gasteiger partial charge in [0.2, 0.25) is 0 Å². The molecule has 0 saturated carbocycles. The van der Waals surface area contributed by atoms with Crippen molar-refractivity contribution in [2.75, 3.05) is 16.8 Å². The molecule has 0 unspecified atom stereocenters. The van der Waals surface area contributed by atoms with E-state index in [1.165, 1.54) is 0 Å². The second-order valence-electron chi connectivity index (χ2n) is 6.12. The van der Waals surface area contributed by atoms with E-state index in [1.807, 2.05) is 71.6 Å². The summed E-state index contributed by atoms with van der Waals surface area (Å²) in [6.07, 6.45) is 0. The van der Waals surface area contributed by atoms with E-state index in [0.29, 0.717) is 5.11 Å². The van der Waals surface area contributed by atoms with E-state index < -0.39 is 0 Å². The molecule has 4 rings (SSSR count). The van der Waals surface area contributed by atoms with E-state index in [2.05, 4.69) is 28.3 Å². The van der Waals surface area contributed by atoms with E-state index in [-0.39, 0.29) is 12.5 Å². The van der Waals surface area contributed by atoms with Gasteiger partial charge < -0.3 is 10.2 Å². The van der Waals surface area contributed by atoms with Crippen molar-refractivity contribution in [1.29, 1.82) is 0 Å². The summed E-state index contributed by atoms with van der Waals surface area (Å²) in [5.41, 5.74) is 8.32. The molecule has 0 bridgehead atoms. The second kappa shape index (κ2) is 8.33. The number of carbonyl (C=O) groups is 1. The normalized spacial score (nSPS) is 11.8. The molecule has 7 heteroatoms. The first-order chi connectivity index (χ1) is 13.7. The minimum Gasteiger partial charge on any atom is -0.331 e. The van der Waals surface area contributed by atoms with Crippen LogP contribution < -0.4 is 21.1 Å². The van der Waals surface area contributed by atoms with Gasteiger partial charge in [0.05, 0.1) is 11.4 Å². The zero-order valence-electron chi connectivity index (χ0n) is 14.9. The summed E-state index contributed by atoms with van der Waals surface area (Å²) in [5, 5.41) is 3.35. The van der Waals surface area contributed by atoms with E-state index in [9.17, 15) is 4.79 Å². The number of hydrazine groups is 1. The van der Waals surface area contributed by atoms with Gasteiger partial charge in [-0.25, -0.2) is 0 Å². The highest BCUT2D eigenvalue weighted by atomic mass is 32.2. The van der Waals surface area contributed by atoms with Crippen LogP contribution in [-0.2, 0) is 4.79 Å². The van der Waals surface area contributed by atoms with Crippen LogP contribution in [0.4, 0.5) is 17.1 Å². The lowest BCUT2D eigenvalue weighted by molar-refractivity contribution is -0.120. The van der Waals surface area contributed by atoms with E-state index in [1.54, 1.807) is 11.8 Å². The number of carbonyl (C=O) groups excluding carboxylic acids is 1. The fourth-order valence-electron chi connectivity index (χ4n) is 2.94. The molecule has 5 nitrogen and oxygen atoms in total. The summed E-state index contributed by atoms with van der Waals surface area (Å²) in [6.45, 7) is 0.176. The third-order valence-electron chi connectivity index (χ3n) is 4.18. The zero-order valence-corrected chi connectivity index (χ0v) is 16.5. The van der Waals surface area contributed by atoms with Gasteiger partial charge in [-0.1, -0.05) is 54.2 Å². The maximum absolute atomic E-state index is 12.6. The van der Waals surface area contributed by atoms with Crippen molar-refractivity contribution in [3.8, 4) is 0 Å². The van der Waals surface area contributed by atoms with Gasteiger partial charge in [0.15, 0.2) is 5.11 Å². The first-order valence-corrected chi connectivity index (χ1v) is 9.97. The third kappa shape index (κ3) is 4.11. The largest absolute Gasteiger partial charge is 0.331 e. The molecule has 0 atom stereocenters. The highest BCUT2D eigenvalue weighted by Crippen LogP contribution is 2.47. The number of rotatable bonds is 3. The van der Waals surface area contributed by atoms with Gasteiger partial charge in [-0.3, -0.25) is 15.6 Å². The number of hydrogen-bond acceptors (Lipinski definition) is 4. The van der Waals surface area contributed by atoms with Crippen molar-refractivity contribution in [3.63, 3.8) is 0 Å². The Morgan fingerprint density at radius 3 is 2.04 bits per heavy atom. The van der Waals surface area contributed by atoms with Crippen molar-refractivity contribution >= 4 is 52.1 Å². The summed E-state index contributed by atoms with van der Waals surface area (Å²) in [5.74, 6) is -0.186. The van der Waals surface area contributed by atoms with Gasteiger partial charge in [-0.15, -0.1) is 0 Å². The van der Waals surface area contributed by atoms with E-state index in [4.69, 9.17) is 12.2 Å². The van der Waals surface area contributed by atoms with Crippen molar-refractivity contribution in [2.45, 2.75) is 9.79 Å². The minimum absolute atomic E-state index is 0.176. The quantitative estimate of drug-likeness (QED) is 0.445. The molecule has 0 spiro atoms. The molecule has 140 valence electrons. The molecule has 1 aliphatic heterocycles. The number of anilines is 3. The zero-order chi connectivity index (χ0) is 19.3. The lowest BCUT2D eigenvalue weighted by Gasteiger charge is -2.32. The predicted octanol–water partition coefficient (Wildman–Crippen LogP) is 4.31. The highest BCUT2D eigenvalue weighted by Gasteiger charge is 2.24. The molecule has 0 aromatic heterocycles. The molecule has 3 aromatic carbocycles. The average molecular weight is 407 g/mol. The Hall–Kier alpha value is -3.03. The first-order valence-electron chi connectivity index (χ1n) is 8.75. The number of para-hydroxylation sites is 3. The topological polar surface area (TPSA) is 56.4 Å². The Bertz CT molecular complexity index is 965. The lowest BCUT2D eigenvalue weighted by atomic mass is 10.2. The standard InChI is InChI=1S/C21H18N4OS2/c26-20(23-24-21(27)22-15-8-2-1-3-9-15)14-25-16-10-4-6-12-18(16)28-19-13-7-5-11-17(19)25/h1-13H,14H2,(H,23,26)(H2,22,24,27). The smallest absolute Gasteiger partial charge is 0.258 e. The van der Waals surface area contributed by atoms with Crippen LogP contribution in [-0.4, -0.2) is 17.6 Å². The Labute approximate surface area is 173 Å². The van der Waals surface area contributed by atoms with E-state index in [0.717, 1.165) is 26.9 Å². The van der Waals surface area contributed by atoms with Crippen molar-refractivity contribution in [1.82, 2.24) is 10.9 Å². The first kappa shape index (κ1) is 18.3. The molecular formula is C21H18N4OS2. The predicted molar refractivity (Wildman–Crippen MR) is 118 cm³/mol. The molecule has 1 heterocycles. The Morgan fingerprint density at radius 1 is 0.821 bits per heavy atom. The second-order valence-corrected chi connectivity index (χ2v) is 7.61. The van der Waals surface area contributed by atoms with Crippen molar-refractivity contribution < 1.29 is 4.79 Å². The molecule has 0 radical (unpaired) electrons. The van der Waals surface area contributed by atoms with Gasteiger partial charge in [0.25, 0.3) is 5.91 Å². The van der Waals surface area contributed by atoms with Crippen LogP contribution in [0.1, 0.15) is 0 Å². The Balaban J connectivity index is 1.42. The molecule has 1 aliphatic rings. The molecular weight excluding hydrogens is 388 g/mol. The van der Waals surface area contributed by atoms with Gasteiger partial charge in [0, 0.05) is 15.5 Å². The van der Waals surface area contributed by atoms with Gasteiger partial charge in [-0.2, -0.15) is 0 Å². The van der Waals surface area contributed by atoms with Crippen LogP contribution in [0, 0.1) is 0 Å². The van der Waals surface area contributed by atoms with Crippen LogP contribution in [0.25, 0.3) is 0 Å². The van der Waals surface area contributed by atoms with Crippen LogP contribution in [0.15, 0.2) is 88.7 Å². The van der Waals surface area contributed by atoms with Crippen LogP contribution >= 0.6 is 24.0 Å². The highest BCUT2D eigenvalue weighted by molar-refractivity contribution is 7.99. The third-order valence-corrected chi connectivity index (χ3v) is 5.52. The number of amides is 1. The van der Waals surface area contributed by atoms with Crippen molar-refractivity contribution in [3.05, 3.63) is 78.9 Å². The molecule has 0 saturated heterocycles. The monoisotopic (exact) mass is 406 g/mol. The number of nitrogens with one attached hydrogen (secondary N) is 3. The SMILES string of the molecule is O=C(CN1c2ccccc2Sc2ccccc21)NNC(=S)Nc1ccccc1. The summed E-state index contributed by atoms with van der Waals surface area (Å²) >= 11 is 6.94. The minimum atomic E-state index is -0.186. The number of thiocarbonyl (C=S) groups is 1. The summed E-state index contributed by atoms with van der Waals surface area (Å²) in [7, 11) is 0. The molecule has 0 aliphatic carbocycles. The lowest BCUT2D eigenvalue weighted by Crippen LogP contribution is -2.47. The number of fused-ring (bicyclic) bond motifs is 2. The summed E-state index contributed by atoms with van der Waals surface area (Å²) < 4.78 is 0. The Morgan fingerprint density at radius 2 is 1.39 bits per heavy atom. The number of hydrogen-bond donors (Lipinski definition) is 3. The maximum atomic E-state index is 12.6. The van der Waals surface area contributed by atoms with Crippen LogP contribution in [0.2, 0.25) is 0 Å². The number of nitrogens with zero attached hydrogens (tertiary/aromatic N) is 1. The maximum Gasteiger partial charge on any atom is 0.258 e. The van der Waals surface area contributed by atoms with Crippen molar-refractivity contribution in [2.24, 2.45) is 0 Å². The Kier molecular flexibility index (Phi) is 5.45. The molecule has 0 fully saturated rings. The van der Waals surface area contributed by atoms with E-state index >= 15 is 0 Å². The van der Waals surface area contributed by atoms with Gasteiger partial charge >= 0.3 is 0 Å². The van der Waals surface area contributed by atoms with Gasteiger partial charge in [-0.05, 0) is 48.6 Å². The average Bonchev–Trinajstić information content (AvgIpc) is 2.73. The van der Waals surface area contributed by atoms with Gasteiger partial charge in [0.1, 0.15) is 6.54 Å². The molecule has 28 heavy (non-hydrogen) atoms. The fourth-order valence-corrected chi connectivity index (χ4v) is 4.21. The summed E-state index contributed by atoms with van der Waals surface area (Å²) in [6, 6.07) is 25.7. The molecule has 1 amide bonds. The molecule has 3 N–H and O–H groups in total. The fraction of sp³-hybridized carbons (Fsp3) is 0.0476.